The molecule has 1 nitrogen and oxygen atoms in total. The summed E-state index contributed by atoms with van der Waals surface area (Å²) in [6.45, 7) is 5.78. The molecule has 0 saturated heterocycles. The van der Waals surface area contributed by atoms with Gasteiger partial charge in [0.15, 0.2) is 12.4 Å². The number of nitrogens with zero attached hydrogens (tertiary/aromatic N) is 1. The first kappa shape index (κ1) is 29.2. The minimum Gasteiger partial charge on any atom is -0.205 e. The summed E-state index contributed by atoms with van der Waals surface area (Å²) in [5, 5.41) is 0. The van der Waals surface area contributed by atoms with Crippen LogP contribution in [0.4, 0.5) is 0 Å². The molecule has 0 N–H and O–H groups in total. The SMILES string of the molecule is CCCCCCCCCCCCCCCCCCc1cc[n+](CCCCCCCC)cc1. The smallest absolute Gasteiger partial charge is 0.169 e. The van der Waals surface area contributed by atoms with Gasteiger partial charge in [-0.3, -0.25) is 0 Å². The van der Waals surface area contributed by atoms with E-state index in [1.807, 2.05) is 0 Å². The molecule has 0 aliphatic heterocycles. The van der Waals surface area contributed by atoms with Crippen molar-refractivity contribution in [1.29, 1.82) is 0 Å². The number of unbranched alkanes of at least 4 members (excludes halogenated alkanes) is 20. The number of pyridine rings is 1. The summed E-state index contributed by atoms with van der Waals surface area (Å²) in [7, 11) is 0. The molecule has 1 rings (SSSR count). The molecule has 0 atom stereocenters. The van der Waals surface area contributed by atoms with Gasteiger partial charge in [0, 0.05) is 18.6 Å². The van der Waals surface area contributed by atoms with Gasteiger partial charge < -0.3 is 0 Å². The van der Waals surface area contributed by atoms with Crippen LogP contribution in [0.5, 0.6) is 0 Å². The fraction of sp³-hybridized carbons (Fsp3) is 0.839. The molecule has 0 fully saturated rings. The molecule has 32 heavy (non-hydrogen) atoms. The lowest BCUT2D eigenvalue weighted by Gasteiger charge is -2.04. The average molecular weight is 445 g/mol. The second kappa shape index (κ2) is 23.3. The van der Waals surface area contributed by atoms with Crippen molar-refractivity contribution in [3.05, 3.63) is 30.1 Å². The van der Waals surface area contributed by atoms with Crippen LogP contribution in [-0.2, 0) is 13.0 Å². The summed E-state index contributed by atoms with van der Waals surface area (Å²) in [6.07, 6.45) is 37.3. The number of aryl methyl sites for hydroxylation is 2. The molecular weight excluding hydrogens is 386 g/mol. The molecular formula is C31H58N+. The first-order valence-electron chi connectivity index (χ1n) is 14.8. The molecule has 0 radical (unpaired) electrons. The lowest BCUT2D eigenvalue weighted by molar-refractivity contribution is -0.697. The number of aromatic nitrogens is 1. The van der Waals surface area contributed by atoms with E-state index in [-0.39, 0.29) is 0 Å². The van der Waals surface area contributed by atoms with E-state index >= 15 is 0 Å². The van der Waals surface area contributed by atoms with Crippen LogP contribution in [0.15, 0.2) is 24.5 Å². The normalized spacial score (nSPS) is 11.3. The van der Waals surface area contributed by atoms with E-state index in [4.69, 9.17) is 0 Å². The Balaban J connectivity index is 1.84. The Labute approximate surface area is 202 Å². The van der Waals surface area contributed by atoms with E-state index < -0.39 is 0 Å². The molecule has 1 aromatic rings. The topological polar surface area (TPSA) is 3.88 Å². The first-order valence-corrected chi connectivity index (χ1v) is 14.8. The molecule has 186 valence electrons. The zero-order valence-electron chi connectivity index (χ0n) is 22.2. The van der Waals surface area contributed by atoms with Crippen LogP contribution in [0.1, 0.15) is 161 Å². The molecule has 0 spiro atoms. The standard InChI is InChI=1S/C31H58N/c1-3-5-7-9-11-12-13-14-15-16-17-18-19-20-21-23-25-31-26-29-32(30-27-31)28-24-22-10-8-6-4-2/h26-27,29-30H,3-25,28H2,1-2H3/q+1. The van der Waals surface area contributed by atoms with Crippen LogP contribution in [0, 0.1) is 0 Å². The van der Waals surface area contributed by atoms with Gasteiger partial charge in [-0.05, 0) is 24.8 Å². The van der Waals surface area contributed by atoms with Gasteiger partial charge in [0.1, 0.15) is 6.54 Å². The Morgan fingerprint density at radius 2 is 0.781 bits per heavy atom. The van der Waals surface area contributed by atoms with Gasteiger partial charge in [0.25, 0.3) is 0 Å². The minimum atomic E-state index is 1.19. The molecule has 1 aromatic heterocycles. The van der Waals surface area contributed by atoms with E-state index in [1.165, 1.54) is 160 Å². The van der Waals surface area contributed by atoms with Crippen LogP contribution in [0.25, 0.3) is 0 Å². The van der Waals surface area contributed by atoms with Crippen molar-refractivity contribution in [3.63, 3.8) is 0 Å². The Morgan fingerprint density at radius 1 is 0.438 bits per heavy atom. The first-order chi connectivity index (χ1) is 15.9. The van der Waals surface area contributed by atoms with Crippen molar-refractivity contribution in [2.75, 3.05) is 0 Å². The Bertz CT molecular complexity index is 478. The van der Waals surface area contributed by atoms with Gasteiger partial charge in [0.05, 0.1) is 0 Å². The van der Waals surface area contributed by atoms with E-state index in [2.05, 4.69) is 42.9 Å². The van der Waals surface area contributed by atoms with E-state index in [9.17, 15) is 0 Å². The molecule has 0 aliphatic rings. The highest BCUT2D eigenvalue weighted by Gasteiger charge is 2.02. The molecule has 0 saturated carbocycles. The maximum atomic E-state index is 2.37. The summed E-state index contributed by atoms with van der Waals surface area (Å²) in [5.41, 5.74) is 1.52. The van der Waals surface area contributed by atoms with E-state index in [0.717, 1.165) is 0 Å². The second-order valence-electron chi connectivity index (χ2n) is 10.3. The zero-order chi connectivity index (χ0) is 23.0. The maximum absolute atomic E-state index is 2.37. The summed E-state index contributed by atoms with van der Waals surface area (Å²) in [6, 6.07) is 4.70. The van der Waals surface area contributed by atoms with Crippen molar-refractivity contribution in [1.82, 2.24) is 0 Å². The van der Waals surface area contributed by atoms with E-state index in [1.54, 1.807) is 0 Å². The number of hydrogen-bond donors (Lipinski definition) is 0. The number of rotatable bonds is 24. The third-order valence-corrected chi connectivity index (χ3v) is 7.05. The fourth-order valence-corrected chi connectivity index (χ4v) is 4.76. The Kier molecular flexibility index (Phi) is 21.3. The molecule has 0 aromatic carbocycles. The molecule has 0 bridgehead atoms. The third kappa shape index (κ3) is 18.7. The quantitative estimate of drug-likeness (QED) is 0.110. The largest absolute Gasteiger partial charge is 0.205 e. The summed E-state index contributed by atoms with van der Waals surface area (Å²) in [4.78, 5) is 0. The Hall–Kier alpha value is -0.850. The zero-order valence-corrected chi connectivity index (χ0v) is 22.2. The van der Waals surface area contributed by atoms with E-state index in [0.29, 0.717) is 0 Å². The second-order valence-corrected chi connectivity index (χ2v) is 10.3. The van der Waals surface area contributed by atoms with Crippen LogP contribution < -0.4 is 4.57 Å². The highest BCUT2D eigenvalue weighted by Crippen LogP contribution is 2.14. The fourth-order valence-electron chi connectivity index (χ4n) is 4.76. The predicted molar refractivity (Wildman–Crippen MR) is 143 cm³/mol. The van der Waals surface area contributed by atoms with Crippen molar-refractivity contribution >= 4 is 0 Å². The highest BCUT2D eigenvalue weighted by atomic mass is 14.9. The lowest BCUT2D eigenvalue weighted by atomic mass is 10.0. The van der Waals surface area contributed by atoms with Crippen LogP contribution >= 0.6 is 0 Å². The van der Waals surface area contributed by atoms with Crippen molar-refractivity contribution in [2.45, 2.75) is 168 Å². The van der Waals surface area contributed by atoms with Crippen molar-refractivity contribution in [3.8, 4) is 0 Å². The van der Waals surface area contributed by atoms with Gasteiger partial charge >= 0.3 is 0 Å². The molecule has 1 heteroatoms. The summed E-state index contributed by atoms with van der Waals surface area (Å²) >= 11 is 0. The summed E-state index contributed by atoms with van der Waals surface area (Å²) in [5.74, 6) is 0. The predicted octanol–water partition coefficient (Wildman–Crippen LogP) is 10.1. The Morgan fingerprint density at radius 3 is 1.19 bits per heavy atom. The minimum absolute atomic E-state index is 1.19. The monoisotopic (exact) mass is 444 g/mol. The van der Waals surface area contributed by atoms with Crippen LogP contribution in [0.3, 0.4) is 0 Å². The third-order valence-electron chi connectivity index (χ3n) is 7.05. The molecule has 1 heterocycles. The van der Waals surface area contributed by atoms with Gasteiger partial charge in [-0.2, -0.15) is 0 Å². The van der Waals surface area contributed by atoms with Crippen LogP contribution in [-0.4, -0.2) is 0 Å². The van der Waals surface area contributed by atoms with Gasteiger partial charge in [-0.15, -0.1) is 0 Å². The molecule has 0 aliphatic carbocycles. The highest BCUT2D eigenvalue weighted by molar-refractivity contribution is 5.07. The van der Waals surface area contributed by atoms with Crippen molar-refractivity contribution in [2.24, 2.45) is 0 Å². The molecule has 0 unspecified atom stereocenters. The van der Waals surface area contributed by atoms with Gasteiger partial charge in [0.2, 0.25) is 0 Å². The molecule has 0 amide bonds. The lowest BCUT2D eigenvalue weighted by Crippen LogP contribution is -2.32. The average Bonchev–Trinajstić information content (AvgIpc) is 2.82. The van der Waals surface area contributed by atoms with Crippen LogP contribution in [0.2, 0.25) is 0 Å². The van der Waals surface area contributed by atoms with Gasteiger partial charge in [-0.1, -0.05) is 136 Å². The number of hydrogen-bond acceptors (Lipinski definition) is 0. The van der Waals surface area contributed by atoms with Crippen molar-refractivity contribution < 1.29 is 4.57 Å². The van der Waals surface area contributed by atoms with Gasteiger partial charge in [-0.25, -0.2) is 4.57 Å². The maximum Gasteiger partial charge on any atom is 0.169 e. The summed E-state index contributed by atoms with van der Waals surface area (Å²) < 4.78 is 2.37.